The maximum atomic E-state index is 11.7. The van der Waals surface area contributed by atoms with Crippen molar-refractivity contribution in [3.05, 3.63) is 83.4 Å². The molecule has 0 amide bonds. The molecule has 7 atom stereocenters. The van der Waals surface area contributed by atoms with Gasteiger partial charge in [0, 0.05) is 55.7 Å². The number of fused-ring (bicyclic) bond motifs is 4. The zero-order valence-corrected chi connectivity index (χ0v) is 40.0. The van der Waals surface area contributed by atoms with Gasteiger partial charge in [-0.2, -0.15) is 0 Å². The molecule has 14 heteroatoms. The van der Waals surface area contributed by atoms with E-state index in [4.69, 9.17) is 26.2 Å². The maximum Gasteiger partial charge on any atom is 0.335 e. The summed E-state index contributed by atoms with van der Waals surface area (Å²) in [5, 5.41) is 29.0. The van der Waals surface area contributed by atoms with Crippen LogP contribution in [0, 0.1) is 23.7 Å². The molecule has 62 heavy (non-hydrogen) atoms. The number of carboxylic acids is 1. The number of allylic oxidation sites excluding steroid dienone is 1. The standard InChI is InChI=1S/C27H30ClNO4.C11H21NO2S.C7H14N2O.C2H5I.CH4/c1-2-24(30)21-8-5-19(21)14-29-15-27(11-3-4-17-12-20(28)7-9-22(17)27)16-33-25-10-6-18(26(31)32)13-23(25)29;1-3-5-9(2)11(15(12,13)14)8-10-6-4-7-10;1-2-9-3-4-10-6-7(9)5-8-1;1-2-3;/h2,6-7,9-10,12-13,19,21,24,30H,1,3-5,8,11,14-16H2,(H,31,32);3,9-11H,1,4-8H2,2H3,(H2,12,13,14);7-8H,1-6H2;2H2,1H3;1H4/t19-,21+,24-,27-;9-,11?;7-;;/m000../s1. The lowest BCUT2D eigenvalue weighted by Gasteiger charge is -2.45. The Labute approximate surface area is 391 Å². The molecule has 1 unspecified atom stereocenters. The van der Waals surface area contributed by atoms with Gasteiger partial charge in [0.05, 0.1) is 42.4 Å². The lowest BCUT2D eigenvalue weighted by atomic mass is 9.68. The summed E-state index contributed by atoms with van der Waals surface area (Å²) in [5.41, 5.74) is 3.44. The number of benzene rings is 2. The second kappa shape index (κ2) is 24.9. The average molecular weight is 1010 g/mol. The molecule has 0 aromatic heterocycles. The predicted octanol–water partition coefficient (Wildman–Crippen LogP) is 8.50. The molecular formula is C48H74ClIN4O7S. The fraction of sp³-hybridized carbons (Fsp3) is 0.646. The molecule has 2 saturated heterocycles. The van der Waals surface area contributed by atoms with Gasteiger partial charge < -0.3 is 29.9 Å². The number of hydrogen-bond acceptors (Lipinski definition) is 9. The molecule has 0 radical (unpaired) electrons. The number of aliphatic hydroxyl groups is 1. The van der Waals surface area contributed by atoms with E-state index < -0.39 is 22.1 Å². The van der Waals surface area contributed by atoms with Crippen molar-refractivity contribution >= 4 is 55.9 Å². The molecule has 1 spiro atoms. The first kappa shape index (κ1) is 52.4. The Morgan fingerprint density at radius 2 is 1.90 bits per heavy atom. The van der Waals surface area contributed by atoms with Crippen LogP contribution in [0.5, 0.6) is 5.75 Å². The van der Waals surface area contributed by atoms with Crippen molar-refractivity contribution in [1.29, 1.82) is 0 Å². The Bertz CT molecular complexity index is 1840. The lowest BCUT2D eigenvalue weighted by Crippen LogP contribution is -2.56. The Kier molecular flexibility index (Phi) is 21.0. The number of nitrogens with one attached hydrogen (secondary N) is 1. The number of ether oxygens (including phenoxy) is 2. The van der Waals surface area contributed by atoms with Crippen molar-refractivity contribution in [2.75, 3.05) is 68.4 Å². The van der Waals surface area contributed by atoms with E-state index in [0.29, 0.717) is 30.9 Å². The SMILES string of the molecule is C.C1CN2CCOC[C@@H]2CN1.C=CC[C@H](C)C(CC1CCC1)S(N)(=O)=O.C=C[C@H](O)[C@@H]1CC[C@H]1CN1C[C@@]2(CCCc3cc(Cl)ccc32)COc2ccc(C(=O)O)cc21.CCI. The number of morpholine rings is 1. The first-order valence-electron chi connectivity index (χ1n) is 22.3. The number of hydrogen-bond donors (Lipinski definition) is 4. The zero-order valence-electron chi connectivity index (χ0n) is 36.3. The van der Waals surface area contributed by atoms with Crippen LogP contribution >= 0.6 is 34.2 Å². The molecule has 8 rings (SSSR count). The number of aryl methyl sites for hydroxylation is 1. The minimum atomic E-state index is -3.41. The van der Waals surface area contributed by atoms with Gasteiger partial charge >= 0.3 is 5.97 Å². The zero-order chi connectivity index (χ0) is 44.2. The van der Waals surface area contributed by atoms with Gasteiger partial charge in [0.15, 0.2) is 0 Å². The summed E-state index contributed by atoms with van der Waals surface area (Å²) in [4.78, 5) is 16.5. The fourth-order valence-electron chi connectivity index (χ4n) is 9.80. The summed E-state index contributed by atoms with van der Waals surface area (Å²) in [6.07, 6.45) is 13.0. The molecule has 4 fully saturated rings. The van der Waals surface area contributed by atoms with Crippen LogP contribution in [0.1, 0.15) is 101 Å². The minimum absolute atomic E-state index is 0. The normalized spacial score (nSPS) is 25.6. The van der Waals surface area contributed by atoms with Gasteiger partial charge in [-0.05, 0) is 115 Å². The van der Waals surface area contributed by atoms with Crippen molar-refractivity contribution in [1.82, 2.24) is 10.2 Å². The largest absolute Gasteiger partial charge is 0.490 e. The molecule has 2 aromatic carbocycles. The van der Waals surface area contributed by atoms with Crippen molar-refractivity contribution in [3.8, 4) is 5.75 Å². The molecule has 11 nitrogen and oxygen atoms in total. The van der Waals surface area contributed by atoms with Crippen LogP contribution in [-0.4, -0.2) is 110 Å². The number of anilines is 1. The van der Waals surface area contributed by atoms with Gasteiger partial charge in [-0.3, -0.25) is 4.90 Å². The number of primary sulfonamides is 1. The van der Waals surface area contributed by atoms with E-state index in [1.807, 2.05) is 13.0 Å². The topological polar surface area (TPSA) is 155 Å². The van der Waals surface area contributed by atoms with Gasteiger partial charge in [0.2, 0.25) is 10.0 Å². The number of aliphatic hydroxyl groups excluding tert-OH is 1. The summed E-state index contributed by atoms with van der Waals surface area (Å²) in [5.74, 6) is 0.934. The molecule has 5 N–H and O–H groups in total. The van der Waals surface area contributed by atoms with Gasteiger partial charge in [0.1, 0.15) is 5.75 Å². The molecule has 3 aliphatic carbocycles. The summed E-state index contributed by atoms with van der Waals surface area (Å²) >= 11 is 8.60. The molecular weight excluding hydrogens is 939 g/mol. The van der Waals surface area contributed by atoms with Crippen LogP contribution in [0.15, 0.2) is 61.7 Å². The Morgan fingerprint density at radius 1 is 1.15 bits per heavy atom. The molecule has 348 valence electrons. The minimum Gasteiger partial charge on any atom is -0.490 e. The van der Waals surface area contributed by atoms with E-state index in [0.717, 1.165) is 114 Å². The number of carboxylic acid groups (broad SMARTS) is 1. The third kappa shape index (κ3) is 13.9. The Balaban J connectivity index is 0.000000239. The van der Waals surface area contributed by atoms with Crippen LogP contribution in [-0.2, 0) is 26.6 Å². The van der Waals surface area contributed by atoms with Crippen molar-refractivity contribution in [2.45, 2.75) is 108 Å². The van der Waals surface area contributed by atoms with Gasteiger partial charge in [-0.1, -0.05) is 92.9 Å². The highest BCUT2D eigenvalue weighted by Gasteiger charge is 2.44. The number of rotatable bonds is 11. The van der Waals surface area contributed by atoms with E-state index in [9.17, 15) is 23.4 Å². The maximum absolute atomic E-state index is 11.7. The number of sulfonamides is 1. The summed E-state index contributed by atoms with van der Waals surface area (Å²) in [7, 11) is -3.41. The van der Waals surface area contributed by atoms with Gasteiger partial charge in [-0.25, -0.2) is 18.4 Å². The number of carbonyl (C=O) groups is 1. The van der Waals surface area contributed by atoms with Crippen LogP contribution in [0.2, 0.25) is 5.02 Å². The number of nitrogens with zero attached hydrogens (tertiary/aromatic N) is 2. The van der Waals surface area contributed by atoms with Crippen LogP contribution in [0.25, 0.3) is 0 Å². The van der Waals surface area contributed by atoms with Crippen molar-refractivity contribution < 1.29 is 32.9 Å². The lowest BCUT2D eigenvalue weighted by molar-refractivity contribution is -0.0168. The number of nitrogens with two attached hydrogens (primary N) is 1. The second-order valence-corrected chi connectivity index (χ2v) is 21.5. The van der Waals surface area contributed by atoms with Crippen LogP contribution in [0.4, 0.5) is 5.69 Å². The number of aromatic carboxylic acids is 1. The first-order valence-corrected chi connectivity index (χ1v) is 25.8. The fourth-order valence-corrected chi connectivity index (χ4v) is 11.3. The molecule has 6 aliphatic rings. The Hall–Kier alpha value is -2.24. The monoisotopic (exact) mass is 1010 g/mol. The molecule has 0 bridgehead atoms. The van der Waals surface area contributed by atoms with E-state index in [1.54, 1.807) is 30.4 Å². The second-order valence-electron chi connectivity index (χ2n) is 17.7. The molecule has 3 heterocycles. The summed E-state index contributed by atoms with van der Waals surface area (Å²) in [6, 6.07) is 12.0. The summed E-state index contributed by atoms with van der Waals surface area (Å²) < 4.78 is 35.9. The van der Waals surface area contributed by atoms with E-state index >= 15 is 0 Å². The third-order valence-electron chi connectivity index (χ3n) is 13.6. The average Bonchev–Trinajstić information content (AvgIpc) is 3.36. The summed E-state index contributed by atoms with van der Waals surface area (Å²) in [6.45, 7) is 19.9. The highest BCUT2D eigenvalue weighted by Crippen LogP contribution is 2.46. The number of alkyl halides is 1. The predicted molar refractivity (Wildman–Crippen MR) is 263 cm³/mol. The number of halogens is 2. The Morgan fingerprint density at radius 3 is 2.52 bits per heavy atom. The van der Waals surface area contributed by atoms with Crippen LogP contribution < -0.4 is 20.1 Å². The highest BCUT2D eigenvalue weighted by atomic mass is 127. The van der Waals surface area contributed by atoms with Gasteiger partial charge in [0.25, 0.3) is 0 Å². The van der Waals surface area contributed by atoms with Gasteiger partial charge in [-0.15, -0.1) is 13.2 Å². The molecule has 3 aliphatic heterocycles. The molecule has 2 saturated carbocycles. The van der Waals surface area contributed by atoms with Crippen molar-refractivity contribution in [3.63, 3.8) is 0 Å². The third-order valence-corrected chi connectivity index (χ3v) is 15.3. The highest BCUT2D eigenvalue weighted by molar-refractivity contribution is 14.1. The number of piperazine rings is 1. The van der Waals surface area contributed by atoms with Crippen molar-refractivity contribution in [2.24, 2.45) is 28.8 Å². The van der Waals surface area contributed by atoms with E-state index in [-0.39, 0.29) is 35.5 Å². The first-order chi connectivity index (χ1) is 29.2. The van der Waals surface area contributed by atoms with E-state index in [2.05, 4.69) is 69.9 Å². The quantitative estimate of drug-likeness (QED) is 0.0979. The van der Waals surface area contributed by atoms with E-state index in [1.165, 1.54) is 28.5 Å². The smallest absolute Gasteiger partial charge is 0.335 e. The molecule has 2 aromatic rings. The van der Waals surface area contributed by atoms with Crippen LogP contribution in [0.3, 0.4) is 0 Å².